The van der Waals surface area contributed by atoms with Gasteiger partial charge in [-0.2, -0.15) is 0 Å². The topological polar surface area (TPSA) is 75.5 Å². The fourth-order valence-electron chi connectivity index (χ4n) is 2.34. The Bertz CT molecular complexity index is 941. The Kier molecular flexibility index (Phi) is 13.6. The first-order chi connectivity index (χ1) is 15.2. The molecule has 0 unspecified atom stereocenters. The van der Waals surface area contributed by atoms with Crippen LogP contribution in [0.4, 0.5) is 0 Å². The van der Waals surface area contributed by atoms with E-state index >= 15 is 0 Å². The summed E-state index contributed by atoms with van der Waals surface area (Å²) in [5, 5.41) is 22.6. The summed E-state index contributed by atoms with van der Waals surface area (Å²) >= 11 is 0. The second kappa shape index (κ2) is 16.3. The number of para-hydroxylation sites is 1. The van der Waals surface area contributed by atoms with E-state index in [-0.39, 0.29) is 29.7 Å². The van der Waals surface area contributed by atoms with E-state index in [1.165, 1.54) is 12.3 Å². The quantitative estimate of drug-likeness (QED) is 0.303. The van der Waals surface area contributed by atoms with E-state index in [0.29, 0.717) is 11.1 Å². The average molecular weight is 526 g/mol. The van der Waals surface area contributed by atoms with Crippen molar-refractivity contribution in [3.63, 3.8) is 0 Å². The molecule has 0 bridgehead atoms. The molecular formula is C27H21NO3Sn. The molecule has 1 atom stereocenters. The Morgan fingerprint density at radius 2 is 1.22 bits per heavy atom. The number of hydrogen-bond donors (Lipinski definition) is 0. The second-order valence-electron chi connectivity index (χ2n) is 6.10. The fraction of sp³-hybridized carbons (Fsp3) is 0.0370. The molecule has 0 aromatic heterocycles. The van der Waals surface area contributed by atoms with Crippen molar-refractivity contribution in [3.8, 4) is 5.75 Å². The van der Waals surface area contributed by atoms with Crippen molar-refractivity contribution in [1.29, 1.82) is 0 Å². The first kappa shape index (κ1) is 26.7. The van der Waals surface area contributed by atoms with Crippen LogP contribution in [0, 0.1) is 12.1 Å². The summed E-state index contributed by atoms with van der Waals surface area (Å²) in [6, 6.07) is 38.7. The molecule has 0 heterocycles. The van der Waals surface area contributed by atoms with E-state index in [1.54, 1.807) is 48.5 Å². The molecule has 4 aromatic carbocycles. The minimum Gasteiger partial charge on any atom is -0.872 e. The number of carboxylic acid groups (broad SMARTS) is 1. The van der Waals surface area contributed by atoms with E-state index in [1.807, 2.05) is 60.7 Å². The van der Waals surface area contributed by atoms with Crippen LogP contribution in [0.15, 0.2) is 120 Å². The van der Waals surface area contributed by atoms with Gasteiger partial charge < -0.3 is 15.0 Å². The van der Waals surface area contributed by atoms with E-state index in [0.717, 1.165) is 0 Å². The maximum absolute atomic E-state index is 11.5. The van der Waals surface area contributed by atoms with Crippen molar-refractivity contribution in [2.75, 3.05) is 0 Å². The Morgan fingerprint density at radius 3 is 1.62 bits per heavy atom. The molecule has 0 saturated carbocycles. The minimum atomic E-state index is -1.30. The van der Waals surface area contributed by atoms with Gasteiger partial charge in [-0.25, -0.2) is 0 Å². The summed E-state index contributed by atoms with van der Waals surface area (Å²) in [5.41, 5.74) is 0.867. The molecule has 0 aliphatic rings. The van der Waals surface area contributed by atoms with Gasteiger partial charge in [0, 0.05) is 6.21 Å². The Hall–Kier alpha value is -3.38. The van der Waals surface area contributed by atoms with Crippen LogP contribution >= 0.6 is 0 Å². The summed E-state index contributed by atoms with van der Waals surface area (Å²) < 4.78 is 0. The molecule has 0 N–H and O–H groups in total. The molecule has 0 amide bonds. The fourth-order valence-corrected chi connectivity index (χ4v) is 2.34. The number of aliphatic imine (C=N–C) groups is 1. The summed E-state index contributed by atoms with van der Waals surface area (Å²) in [6.45, 7) is 0. The smallest absolute Gasteiger partial charge is 0.872 e. The van der Waals surface area contributed by atoms with Crippen LogP contribution in [0.3, 0.4) is 0 Å². The van der Waals surface area contributed by atoms with Crippen LogP contribution in [0.1, 0.15) is 17.2 Å². The van der Waals surface area contributed by atoms with Crippen LogP contribution in [-0.2, 0) is 4.79 Å². The number of rotatable bonds is 4. The standard InChI is InChI=1S/C15H13NO3.2C6H5.Sn/c17-13-9-5-4-8-12(13)10-16-14(15(18)19)11-6-2-1-3-7-11;2*1-2-4-6-5-3-1;/h1-10,14,17H,(H,18,19);2*1-5H;/q;;;+2/p-2/t14-;;;/m0.../s1. The monoisotopic (exact) mass is 527 g/mol. The van der Waals surface area contributed by atoms with Gasteiger partial charge in [-0.15, -0.1) is 5.75 Å². The van der Waals surface area contributed by atoms with Crippen molar-refractivity contribution in [1.82, 2.24) is 0 Å². The molecule has 5 heteroatoms. The van der Waals surface area contributed by atoms with E-state index in [2.05, 4.69) is 17.1 Å². The third-order valence-electron chi connectivity index (χ3n) is 3.83. The molecule has 156 valence electrons. The number of aliphatic carboxylic acids is 1. The molecule has 4 rings (SSSR count). The molecule has 0 aliphatic heterocycles. The van der Waals surface area contributed by atoms with Crippen LogP contribution < -0.4 is 10.2 Å². The molecule has 0 spiro atoms. The number of benzene rings is 4. The van der Waals surface area contributed by atoms with Gasteiger partial charge in [-0.1, -0.05) is 115 Å². The third-order valence-corrected chi connectivity index (χ3v) is 3.83. The molecule has 0 saturated heterocycles. The first-order valence-electron chi connectivity index (χ1n) is 9.55. The second-order valence-corrected chi connectivity index (χ2v) is 6.10. The van der Waals surface area contributed by atoms with E-state index < -0.39 is 12.0 Å². The van der Waals surface area contributed by atoms with Gasteiger partial charge in [0.25, 0.3) is 0 Å². The molecule has 4 aromatic rings. The van der Waals surface area contributed by atoms with Gasteiger partial charge in [0.1, 0.15) is 6.04 Å². The van der Waals surface area contributed by atoms with Gasteiger partial charge in [0.15, 0.2) is 0 Å². The molecule has 32 heavy (non-hydrogen) atoms. The molecule has 4 radical (unpaired) electrons. The van der Waals surface area contributed by atoms with Crippen LogP contribution in [0.2, 0.25) is 0 Å². The predicted molar refractivity (Wildman–Crippen MR) is 124 cm³/mol. The number of hydrogen-bond acceptors (Lipinski definition) is 4. The summed E-state index contributed by atoms with van der Waals surface area (Å²) in [5.74, 6) is -1.50. The molecule has 4 nitrogen and oxygen atoms in total. The average Bonchev–Trinajstić information content (AvgIpc) is 2.84. The number of carbonyl (C=O) groups excluding carboxylic acids is 1. The van der Waals surface area contributed by atoms with E-state index in [9.17, 15) is 15.0 Å². The Morgan fingerprint density at radius 1 is 0.750 bits per heavy atom. The van der Waals surface area contributed by atoms with Crippen molar-refractivity contribution >= 4 is 36.1 Å². The maximum Gasteiger partial charge on any atom is 2.00 e. The maximum atomic E-state index is 11.5. The zero-order valence-corrected chi connectivity index (χ0v) is 20.2. The van der Waals surface area contributed by atoms with Gasteiger partial charge in [-0.3, -0.25) is 4.99 Å². The number of nitrogens with zero attached hydrogens (tertiary/aromatic N) is 1. The van der Waals surface area contributed by atoms with Crippen LogP contribution in [0.5, 0.6) is 5.75 Å². The summed E-state index contributed by atoms with van der Waals surface area (Å²) in [4.78, 5) is 15.0. The SMILES string of the molecule is O=C([O-])[C@@H](N=Cc1ccccc1[O-])c1ccccc1.[Sn+2].[c]1ccccc1.[c]1ccccc1. The third kappa shape index (κ3) is 10.6. The Labute approximate surface area is 205 Å². The number of carbonyl (C=O) groups is 1. The number of carboxylic acids is 1. The van der Waals surface area contributed by atoms with Crippen molar-refractivity contribution < 1.29 is 15.0 Å². The van der Waals surface area contributed by atoms with Crippen molar-refractivity contribution in [2.45, 2.75) is 6.04 Å². The van der Waals surface area contributed by atoms with Crippen molar-refractivity contribution in [3.05, 3.63) is 139 Å². The zero-order chi connectivity index (χ0) is 22.2. The van der Waals surface area contributed by atoms with Crippen molar-refractivity contribution in [2.24, 2.45) is 4.99 Å². The Balaban J connectivity index is 0.000000320. The summed E-state index contributed by atoms with van der Waals surface area (Å²) in [7, 11) is 0. The van der Waals surface area contributed by atoms with Gasteiger partial charge in [0.05, 0.1) is 5.97 Å². The minimum absolute atomic E-state index is 0. The summed E-state index contributed by atoms with van der Waals surface area (Å²) in [6.07, 6.45) is 1.27. The predicted octanol–water partition coefficient (Wildman–Crippen LogP) is 3.26. The van der Waals surface area contributed by atoms with Gasteiger partial charge in [0.2, 0.25) is 0 Å². The molecular weight excluding hydrogens is 505 g/mol. The van der Waals surface area contributed by atoms with Crippen LogP contribution in [0.25, 0.3) is 0 Å². The largest absolute Gasteiger partial charge is 2.00 e. The molecule has 0 aliphatic carbocycles. The molecule has 0 fully saturated rings. The normalized spacial score (nSPS) is 10.4. The van der Waals surface area contributed by atoms with Gasteiger partial charge >= 0.3 is 23.9 Å². The first-order valence-corrected chi connectivity index (χ1v) is 9.55. The van der Waals surface area contributed by atoms with E-state index in [4.69, 9.17) is 0 Å². The van der Waals surface area contributed by atoms with Crippen LogP contribution in [-0.4, -0.2) is 36.1 Å². The zero-order valence-electron chi connectivity index (χ0n) is 17.3. The van der Waals surface area contributed by atoms with Gasteiger partial charge in [-0.05, 0) is 23.3 Å².